The number of aliphatic imine (C=N–C) groups is 1. The third-order valence-corrected chi connectivity index (χ3v) is 5.52. The lowest BCUT2D eigenvalue weighted by atomic mass is 9.99. The summed E-state index contributed by atoms with van der Waals surface area (Å²) in [7, 11) is 6.75. The van der Waals surface area contributed by atoms with Gasteiger partial charge in [-0.25, -0.2) is 4.98 Å². The quantitative estimate of drug-likeness (QED) is 0.453. The van der Waals surface area contributed by atoms with Crippen molar-refractivity contribution in [1.82, 2.24) is 25.4 Å². The van der Waals surface area contributed by atoms with Gasteiger partial charge >= 0.3 is 0 Å². The normalized spacial score (nSPS) is 13.5. The molecule has 0 atom stereocenters. The Bertz CT molecular complexity index is 1090. The molecule has 0 unspecified atom stereocenters. The zero-order valence-electron chi connectivity index (χ0n) is 18.8. The summed E-state index contributed by atoms with van der Waals surface area (Å²) in [5.41, 5.74) is 3.40. The second-order valence-electron chi connectivity index (χ2n) is 7.38. The molecule has 1 aliphatic rings. The summed E-state index contributed by atoms with van der Waals surface area (Å²) in [6, 6.07) is 11.8. The standard InChI is InChI=1S/C23H28N6O3/c1-24-23(29-10-9-16-11-19(31-3)20(32-4)12-17(16)14-29)25-13-21-26-22(28-27-21)15-5-7-18(30-2)8-6-15/h5-8,11-12H,9-10,13-14H2,1-4H3,(H,24,25)(H,26,27,28). The van der Waals surface area contributed by atoms with E-state index < -0.39 is 0 Å². The van der Waals surface area contributed by atoms with E-state index in [4.69, 9.17) is 14.2 Å². The number of aromatic amines is 1. The van der Waals surface area contributed by atoms with Crippen LogP contribution in [0.25, 0.3) is 11.4 Å². The molecule has 0 aliphatic carbocycles. The molecule has 32 heavy (non-hydrogen) atoms. The van der Waals surface area contributed by atoms with E-state index in [1.165, 1.54) is 11.1 Å². The number of guanidine groups is 1. The van der Waals surface area contributed by atoms with Crippen LogP contribution in [-0.2, 0) is 19.5 Å². The molecule has 1 aromatic heterocycles. The molecular formula is C23H28N6O3. The van der Waals surface area contributed by atoms with Gasteiger partial charge in [-0.2, -0.15) is 5.10 Å². The molecule has 2 N–H and O–H groups in total. The lowest BCUT2D eigenvalue weighted by Gasteiger charge is -2.32. The van der Waals surface area contributed by atoms with Crippen molar-refractivity contribution in [3.8, 4) is 28.6 Å². The summed E-state index contributed by atoms with van der Waals surface area (Å²) >= 11 is 0. The minimum atomic E-state index is 0.491. The van der Waals surface area contributed by atoms with Crippen LogP contribution in [0, 0.1) is 0 Å². The van der Waals surface area contributed by atoms with E-state index in [0.717, 1.165) is 54.1 Å². The largest absolute Gasteiger partial charge is 0.497 e. The second kappa shape index (κ2) is 9.59. The zero-order chi connectivity index (χ0) is 22.5. The van der Waals surface area contributed by atoms with Gasteiger partial charge < -0.3 is 24.4 Å². The third kappa shape index (κ3) is 4.46. The van der Waals surface area contributed by atoms with Crippen LogP contribution in [0.15, 0.2) is 41.4 Å². The minimum absolute atomic E-state index is 0.491. The Morgan fingerprint density at radius 2 is 1.78 bits per heavy atom. The molecule has 0 saturated heterocycles. The smallest absolute Gasteiger partial charge is 0.194 e. The van der Waals surface area contributed by atoms with Crippen molar-refractivity contribution < 1.29 is 14.2 Å². The number of ether oxygens (including phenoxy) is 3. The van der Waals surface area contributed by atoms with E-state index in [2.05, 4.69) is 36.5 Å². The van der Waals surface area contributed by atoms with Crippen LogP contribution >= 0.6 is 0 Å². The number of benzene rings is 2. The van der Waals surface area contributed by atoms with Gasteiger partial charge in [0.25, 0.3) is 0 Å². The topological polar surface area (TPSA) is 96.9 Å². The second-order valence-corrected chi connectivity index (χ2v) is 7.38. The fourth-order valence-corrected chi connectivity index (χ4v) is 3.80. The monoisotopic (exact) mass is 436 g/mol. The third-order valence-electron chi connectivity index (χ3n) is 5.52. The van der Waals surface area contributed by atoms with E-state index in [-0.39, 0.29) is 0 Å². The van der Waals surface area contributed by atoms with Gasteiger partial charge in [0.15, 0.2) is 23.3 Å². The van der Waals surface area contributed by atoms with Crippen LogP contribution in [0.5, 0.6) is 17.2 Å². The van der Waals surface area contributed by atoms with E-state index >= 15 is 0 Å². The average Bonchev–Trinajstić information content (AvgIpc) is 3.32. The summed E-state index contributed by atoms with van der Waals surface area (Å²) in [6.07, 6.45) is 0.903. The van der Waals surface area contributed by atoms with Gasteiger partial charge in [-0.1, -0.05) is 0 Å². The number of hydrogen-bond donors (Lipinski definition) is 2. The molecule has 0 radical (unpaired) electrons. The van der Waals surface area contributed by atoms with Crippen molar-refractivity contribution >= 4 is 5.96 Å². The van der Waals surface area contributed by atoms with Gasteiger partial charge in [0, 0.05) is 25.7 Å². The SMILES string of the molecule is CN=C(NCc1nc(-c2ccc(OC)cc2)n[nH]1)N1CCc2cc(OC)c(OC)cc2C1. The average molecular weight is 437 g/mol. The van der Waals surface area contributed by atoms with E-state index in [0.29, 0.717) is 12.4 Å². The van der Waals surface area contributed by atoms with Gasteiger partial charge in [-0.3, -0.25) is 10.1 Å². The minimum Gasteiger partial charge on any atom is -0.497 e. The highest BCUT2D eigenvalue weighted by Crippen LogP contribution is 2.33. The number of aromatic nitrogens is 3. The fraction of sp³-hybridized carbons (Fsp3) is 0.348. The molecule has 0 amide bonds. The van der Waals surface area contributed by atoms with Crippen molar-refractivity contribution in [2.45, 2.75) is 19.5 Å². The number of rotatable bonds is 6. The Kier molecular flexibility index (Phi) is 6.44. The highest BCUT2D eigenvalue weighted by Gasteiger charge is 2.22. The summed E-state index contributed by atoms with van der Waals surface area (Å²) < 4.78 is 16.1. The molecule has 1 aliphatic heterocycles. The van der Waals surface area contributed by atoms with Crippen LogP contribution in [0.4, 0.5) is 0 Å². The van der Waals surface area contributed by atoms with Gasteiger partial charge in [0.1, 0.15) is 11.6 Å². The zero-order valence-corrected chi connectivity index (χ0v) is 18.8. The summed E-state index contributed by atoms with van der Waals surface area (Å²) in [5, 5.41) is 10.7. The Morgan fingerprint density at radius 1 is 1.06 bits per heavy atom. The molecule has 2 heterocycles. The molecular weight excluding hydrogens is 408 g/mol. The van der Waals surface area contributed by atoms with Crippen molar-refractivity contribution in [1.29, 1.82) is 0 Å². The maximum atomic E-state index is 5.47. The highest BCUT2D eigenvalue weighted by atomic mass is 16.5. The van der Waals surface area contributed by atoms with Crippen LogP contribution < -0.4 is 19.5 Å². The first-order chi connectivity index (χ1) is 15.6. The Balaban J connectivity index is 1.41. The fourth-order valence-electron chi connectivity index (χ4n) is 3.80. The van der Waals surface area contributed by atoms with Crippen molar-refractivity contribution in [2.24, 2.45) is 4.99 Å². The van der Waals surface area contributed by atoms with Crippen LogP contribution in [0.2, 0.25) is 0 Å². The Hall–Kier alpha value is -3.75. The van der Waals surface area contributed by atoms with Crippen LogP contribution in [-0.4, -0.2) is 61.0 Å². The number of fused-ring (bicyclic) bond motifs is 1. The van der Waals surface area contributed by atoms with Crippen LogP contribution in [0.3, 0.4) is 0 Å². The predicted molar refractivity (Wildman–Crippen MR) is 122 cm³/mol. The molecule has 9 nitrogen and oxygen atoms in total. The van der Waals surface area contributed by atoms with Gasteiger partial charge in [0.2, 0.25) is 0 Å². The molecule has 168 valence electrons. The maximum Gasteiger partial charge on any atom is 0.194 e. The first-order valence-electron chi connectivity index (χ1n) is 10.4. The number of nitrogens with one attached hydrogen (secondary N) is 2. The number of methoxy groups -OCH3 is 3. The van der Waals surface area contributed by atoms with E-state index in [1.807, 2.05) is 30.3 Å². The van der Waals surface area contributed by atoms with E-state index in [9.17, 15) is 0 Å². The summed E-state index contributed by atoms with van der Waals surface area (Å²) in [4.78, 5) is 11.3. The maximum absolute atomic E-state index is 5.47. The Labute approximate surface area is 187 Å². The Morgan fingerprint density at radius 3 is 2.44 bits per heavy atom. The first kappa shape index (κ1) is 21.5. The van der Waals surface area contributed by atoms with Crippen molar-refractivity contribution in [3.63, 3.8) is 0 Å². The first-order valence-corrected chi connectivity index (χ1v) is 10.4. The molecule has 0 bridgehead atoms. The molecule has 0 fully saturated rings. The number of nitrogens with zero attached hydrogens (tertiary/aromatic N) is 4. The summed E-state index contributed by atoms with van der Waals surface area (Å²) in [5.74, 6) is 4.50. The highest BCUT2D eigenvalue weighted by molar-refractivity contribution is 5.80. The van der Waals surface area contributed by atoms with Gasteiger partial charge in [0.05, 0.1) is 27.9 Å². The molecule has 4 rings (SSSR count). The van der Waals surface area contributed by atoms with Gasteiger partial charge in [-0.15, -0.1) is 0 Å². The lowest BCUT2D eigenvalue weighted by Crippen LogP contribution is -2.43. The number of H-pyrrole nitrogens is 1. The summed E-state index contributed by atoms with van der Waals surface area (Å²) in [6.45, 7) is 2.09. The van der Waals surface area contributed by atoms with Gasteiger partial charge in [-0.05, 0) is 53.9 Å². The molecule has 9 heteroatoms. The number of hydrogen-bond acceptors (Lipinski definition) is 6. The lowest BCUT2D eigenvalue weighted by molar-refractivity contribution is 0.346. The van der Waals surface area contributed by atoms with Crippen LogP contribution in [0.1, 0.15) is 17.0 Å². The molecule has 0 saturated carbocycles. The molecule has 2 aromatic carbocycles. The van der Waals surface area contributed by atoms with Crippen molar-refractivity contribution in [3.05, 3.63) is 53.3 Å². The van der Waals surface area contributed by atoms with Crippen molar-refractivity contribution in [2.75, 3.05) is 34.9 Å². The molecule has 3 aromatic rings. The predicted octanol–water partition coefficient (Wildman–Crippen LogP) is 2.63. The van der Waals surface area contributed by atoms with E-state index in [1.54, 1.807) is 28.4 Å². The molecule has 0 spiro atoms.